The molecule has 2 fully saturated rings. The average molecular weight is 398 g/mol. The van der Waals surface area contributed by atoms with Crippen LogP contribution in [0.1, 0.15) is 44.7 Å². The van der Waals surface area contributed by atoms with E-state index in [1.807, 2.05) is 42.2 Å². The second-order valence-electron chi connectivity index (χ2n) is 7.90. The molecule has 4 rings (SSSR count). The first-order valence-electron chi connectivity index (χ1n) is 10.2. The highest BCUT2D eigenvalue weighted by molar-refractivity contribution is 5.73. The normalized spacial score (nSPS) is 19.7. The number of rotatable bonds is 7. The van der Waals surface area contributed by atoms with Gasteiger partial charge in [-0.1, -0.05) is 12.1 Å². The van der Waals surface area contributed by atoms with Crippen molar-refractivity contribution < 1.29 is 18.7 Å². The van der Waals surface area contributed by atoms with Crippen molar-refractivity contribution in [2.24, 2.45) is 0 Å². The molecule has 2 aromatic rings. The molecule has 0 bridgehead atoms. The van der Waals surface area contributed by atoms with Gasteiger partial charge >= 0.3 is 0 Å². The van der Waals surface area contributed by atoms with Crippen molar-refractivity contribution in [1.29, 1.82) is 0 Å². The lowest BCUT2D eigenvalue weighted by molar-refractivity contribution is -0.119. The van der Waals surface area contributed by atoms with Gasteiger partial charge in [0.1, 0.15) is 23.4 Å². The summed E-state index contributed by atoms with van der Waals surface area (Å²) in [5.41, 5.74) is 1.62. The fourth-order valence-electron chi connectivity index (χ4n) is 3.65. The number of carbonyl (C=O) groups excluding carboxylic acids is 1. The molecule has 1 saturated carbocycles. The summed E-state index contributed by atoms with van der Waals surface area (Å²) in [5, 5.41) is 2.87. The zero-order valence-electron chi connectivity index (χ0n) is 16.9. The van der Waals surface area contributed by atoms with Crippen molar-refractivity contribution in [2.75, 3.05) is 18.0 Å². The maximum Gasteiger partial charge on any atom is 0.217 e. The third-order valence-corrected chi connectivity index (χ3v) is 5.33. The number of benzene rings is 2. The van der Waals surface area contributed by atoms with Gasteiger partial charge in [-0.2, -0.15) is 0 Å². The summed E-state index contributed by atoms with van der Waals surface area (Å²) >= 11 is 0. The van der Waals surface area contributed by atoms with Crippen molar-refractivity contribution in [2.45, 2.75) is 51.4 Å². The molecule has 1 heterocycles. The monoisotopic (exact) mass is 398 g/mol. The maximum atomic E-state index is 14.5. The van der Waals surface area contributed by atoms with E-state index >= 15 is 0 Å². The molecular formula is C23H27FN2O3. The molecule has 0 aromatic heterocycles. The minimum Gasteiger partial charge on any atom is -0.490 e. The van der Waals surface area contributed by atoms with Crippen LogP contribution in [0, 0.1) is 5.82 Å². The summed E-state index contributed by atoms with van der Waals surface area (Å²) in [6.45, 7) is 4.85. The van der Waals surface area contributed by atoms with Crippen LogP contribution in [-0.2, 0) is 4.79 Å². The molecule has 0 unspecified atom stereocenters. The summed E-state index contributed by atoms with van der Waals surface area (Å²) in [5.74, 6) is 1.09. The van der Waals surface area contributed by atoms with Crippen molar-refractivity contribution in [3.8, 4) is 11.5 Å². The van der Waals surface area contributed by atoms with Gasteiger partial charge in [0.25, 0.3) is 0 Å². The Kier molecular flexibility index (Phi) is 5.60. The number of halogens is 1. The molecule has 2 aliphatic rings. The number of nitrogens with one attached hydrogen (secondary N) is 1. The SMILES string of the molecule is CC(=O)N[C@@H](C)c1ccc(O[C@@H]2CCN(c3ccc(OC4CC4)cc3F)C2)cc1. The van der Waals surface area contributed by atoms with E-state index in [-0.39, 0.29) is 30.0 Å². The van der Waals surface area contributed by atoms with E-state index in [9.17, 15) is 9.18 Å². The number of hydrogen-bond acceptors (Lipinski definition) is 4. The van der Waals surface area contributed by atoms with E-state index in [0.717, 1.165) is 37.1 Å². The molecule has 1 amide bonds. The number of anilines is 1. The van der Waals surface area contributed by atoms with E-state index in [1.54, 1.807) is 6.07 Å². The van der Waals surface area contributed by atoms with E-state index in [4.69, 9.17) is 9.47 Å². The van der Waals surface area contributed by atoms with Crippen molar-refractivity contribution >= 4 is 11.6 Å². The highest BCUT2D eigenvalue weighted by Gasteiger charge is 2.27. The molecule has 2 atom stereocenters. The van der Waals surface area contributed by atoms with Gasteiger partial charge in [-0.25, -0.2) is 4.39 Å². The third kappa shape index (κ3) is 5.00. The lowest BCUT2D eigenvalue weighted by atomic mass is 10.1. The van der Waals surface area contributed by atoms with Gasteiger partial charge in [0.2, 0.25) is 5.91 Å². The Labute approximate surface area is 170 Å². The Morgan fingerprint density at radius 3 is 2.41 bits per heavy atom. The van der Waals surface area contributed by atoms with E-state index in [0.29, 0.717) is 18.0 Å². The molecule has 154 valence electrons. The quantitative estimate of drug-likeness (QED) is 0.759. The number of amides is 1. The van der Waals surface area contributed by atoms with Crippen molar-refractivity contribution in [3.63, 3.8) is 0 Å². The number of hydrogen-bond donors (Lipinski definition) is 1. The molecule has 6 heteroatoms. The first-order chi connectivity index (χ1) is 14.0. The summed E-state index contributed by atoms with van der Waals surface area (Å²) in [6.07, 6.45) is 3.22. The van der Waals surface area contributed by atoms with Gasteiger partial charge in [-0.05, 0) is 49.6 Å². The molecule has 1 N–H and O–H groups in total. The predicted molar refractivity (Wildman–Crippen MR) is 110 cm³/mol. The average Bonchev–Trinajstić information content (AvgIpc) is 3.38. The van der Waals surface area contributed by atoms with Gasteiger partial charge in [-0.15, -0.1) is 0 Å². The Hall–Kier alpha value is -2.76. The Morgan fingerprint density at radius 2 is 1.76 bits per heavy atom. The standard InChI is InChI=1S/C23H27FN2O3/c1-15(25-16(2)27)17-3-5-18(6-4-17)29-21-11-12-26(14-21)23-10-9-20(13-22(23)24)28-19-7-8-19/h3-6,9-10,13,15,19,21H,7-8,11-12,14H2,1-2H3,(H,25,27)/t15-,21+/m0/s1. The van der Waals surface area contributed by atoms with Crippen LogP contribution in [0.3, 0.4) is 0 Å². The van der Waals surface area contributed by atoms with Crippen LogP contribution in [0.15, 0.2) is 42.5 Å². The van der Waals surface area contributed by atoms with Gasteiger partial charge in [0, 0.05) is 26.0 Å². The molecule has 2 aromatic carbocycles. The van der Waals surface area contributed by atoms with Crippen LogP contribution < -0.4 is 19.7 Å². The molecule has 29 heavy (non-hydrogen) atoms. The second kappa shape index (κ2) is 8.31. The van der Waals surface area contributed by atoms with Crippen molar-refractivity contribution in [3.05, 3.63) is 53.8 Å². The topological polar surface area (TPSA) is 50.8 Å². The second-order valence-corrected chi connectivity index (χ2v) is 7.90. The Bertz CT molecular complexity index is 867. The van der Waals surface area contributed by atoms with E-state index < -0.39 is 0 Å². The summed E-state index contributed by atoms with van der Waals surface area (Å²) in [6, 6.07) is 12.8. The molecule has 1 aliphatic carbocycles. The first-order valence-corrected chi connectivity index (χ1v) is 10.2. The zero-order chi connectivity index (χ0) is 20.4. The molecule has 0 spiro atoms. The molecule has 1 saturated heterocycles. The zero-order valence-corrected chi connectivity index (χ0v) is 16.9. The van der Waals surface area contributed by atoms with Gasteiger partial charge in [0.05, 0.1) is 24.4 Å². The van der Waals surface area contributed by atoms with Gasteiger partial charge < -0.3 is 19.7 Å². The maximum absolute atomic E-state index is 14.5. The lowest BCUT2D eigenvalue weighted by Crippen LogP contribution is -2.25. The van der Waals surface area contributed by atoms with Crippen LogP contribution in [0.4, 0.5) is 10.1 Å². The number of carbonyl (C=O) groups is 1. The highest BCUT2D eigenvalue weighted by atomic mass is 19.1. The summed E-state index contributed by atoms with van der Waals surface area (Å²) in [7, 11) is 0. The molecular weight excluding hydrogens is 371 g/mol. The smallest absolute Gasteiger partial charge is 0.217 e. The van der Waals surface area contributed by atoms with Crippen molar-refractivity contribution in [1.82, 2.24) is 5.32 Å². The van der Waals surface area contributed by atoms with Crippen LogP contribution in [0.25, 0.3) is 0 Å². The number of nitrogens with zero attached hydrogens (tertiary/aromatic N) is 1. The van der Waals surface area contributed by atoms with Crippen LogP contribution in [0.2, 0.25) is 0 Å². The summed E-state index contributed by atoms with van der Waals surface area (Å²) in [4.78, 5) is 13.2. The fraction of sp³-hybridized carbons (Fsp3) is 0.435. The van der Waals surface area contributed by atoms with E-state index in [2.05, 4.69) is 5.32 Å². The Morgan fingerprint density at radius 1 is 1.07 bits per heavy atom. The van der Waals surface area contributed by atoms with Crippen LogP contribution in [0.5, 0.6) is 11.5 Å². The van der Waals surface area contributed by atoms with E-state index in [1.165, 1.54) is 13.0 Å². The first kappa shape index (κ1) is 19.6. The lowest BCUT2D eigenvalue weighted by Gasteiger charge is -2.20. The van der Waals surface area contributed by atoms with Crippen LogP contribution in [-0.4, -0.2) is 31.2 Å². The number of ether oxygens (including phenoxy) is 2. The summed E-state index contributed by atoms with van der Waals surface area (Å²) < 4.78 is 26.3. The largest absolute Gasteiger partial charge is 0.490 e. The fourth-order valence-corrected chi connectivity index (χ4v) is 3.65. The van der Waals surface area contributed by atoms with Crippen LogP contribution >= 0.6 is 0 Å². The minimum atomic E-state index is -0.250. The molecule has 0 radical (unpaired) electrons. The highest BCUT2D eigenvalue weighted by Crippen LogP contribution is 2.32. The molecule has 5 nitrogen and oxygen atoms in total. The van der Waals surface area contributed by atoms with Gasteiger partial charge in [0.15, 0.2) is 0 Å². The third-order valence-electron chi connectivity index (χ3n) is 5.33. The Balaban J connectivity index is 1.33. The molecule has 1 aliphatic heterocycles. The predicted octanol–water partition coefficient (Wildman–Crippen LogP) is 4.22. The minimum absolute atomic E-state index is 0.00964. The van der Waals surface area contributed by atoms with Gasteiger partial charge in [-0.3, -0.25) is 4.79 Å².